The molecule has 29 heavy (non-hydrogen) atoms. The number of nitrogens with zero attached hydrogens (tertiary/aromatic N) is 1. The van der Waals surface area contributed by atoms with E-state index in [1.54, 1.807) is 24.3 Å². The highest BCUT2D eigenvalue weighted by atomic mass is 32.2. The van der Waals surface area contributed by atoms with Crippen LogP contribution in [0.5, 0.6) is 0 Å². The Kier molecular flexibility index (Phi) is 7.45. The molecule has 2 aromatic carbocycles. The van der Waals surface area contributed by atoms with Crippen molar-refractivity contribution in [1.29, 1.82) is 0 Å². The molecule has 0 aliphatic carbocycles. The molecule has 0 atom stereocenters. The maximum atomic E-state index is 12.4. The van der Waals surface area contributed by atoms with E-state index in [-0.39, 0.29) is 23.0 Å². The van der Waals surface area contributed by atoms with Gasteiger partial charge in [0.2, 0.25) is 5.91 Å². The predicted molar refractivity (Wildman–Crippen MR) is 115 cm³/mol. The van der Waals surface area contributed by atoms with Gasteiger partial charge in [-0.1, -0.05) is 48.4 Å². The number of hydrogen-bond donors (Lipinski definition) is 1. The van der Waals surface area contributed by atoms with Crippen molar-refractivity contribution in [3.05, 3.63) is 65.2 Å². The normalized spacial score (nSPS) is 15.2. The number of aryl methyl sites for hydroxylation is 1. The standard InChI is InChI=1S/C23H30N2O3S/c1-19-9-11-22(12-10-19)29(27,28)16-13-23(26)24-17-20-7-3-4-8-21(20)18-25-14-5-2-6-15-25/h3-4,7-12H,2,5-6,13-18H2,1H3,(H,24,26). The Labute approximate surface area is 174 Å². The van der Waals surface area contributed by atoms with E-state index in [0.717, 1.165) is 30.8 Å². The molecule has 0 bridgehead atoms. The Bertz CT molecular complexity index is 917. The van der Waals surface area contributed by atoms with E-state index in [0.29, 0.717) is 6.54 Å². The van der Waals surface area contributed by atoms with Gasteiger partial charge in [-0.05, 0) is 56.1 Å². The fraction of sp³-hybridized carbons (Fsp3) is 0.435. The molecule has 1 aliphatic heterocycles. The SMILES string of the molecule is Cc1ccc(S(=O)(=O)CCC(=O)NCc2ccccc2CN2CCCCC2)cc1. The van der Waals surface area contributed by atoms with E-state index < -0.39 is 9.84 Å². The summed E-state index contributed by atoms with van der Waals surface area (Å²) in [5.74, 6) is -0.425. The number of rotatable bonds is 8. The number of sulfone groups is 1. The van der Waals surface area contributed by atoms with Crippen molar-refractivity contribution >= 4 is 15.7 Å². The summed E-state index contributed by atoms with van der Waals surface area (Å²) in [5.41, 5.74) is 3.32. The second-order valence-electron chi connectivity index (χ2n) is 7.76. The van der Waals surface area contributed by atoms with Gasteiger partial charge < -0.3 is 5.32 Å². The first kappa shape index (κ1) is 21.5. The third-order valence-corrected chi connectivity index (χ3v) is 7.15. The molecule has 156 valence electrons. The Morgan fingerprint density at radius 3 is 2.31 bits per heavy atom. The van der Waals surface area contributed by atoms with E-state index in [4.69, 9.17) is 0 Å². The van der Waals surface area contributed by atoms with Crippen LogP contribution in [0.4, 0.5) is 0 Å². The molecule has 0 saturated carbocycles. The fourth-order valence-electron chi connectivity index (χ4n) is 3.62. The molecule has 0 unspecified atom stereocenters. The van der Waals surface area contributed by atoms with Gasteiger partial charge in [0.05, 0.1) is 10.6 Å². The highest BCUT2D eigenvalue weighted by Crippen LogP contribution is 2.16. The summed E-state index contributed by atoms with van der Waals surface area (Å²) in [4.78, 5) is 15.0. The number of benzene rings is 2. The summed E-state index contributed by atoms with van der Waals surface area (Å²) in [7, 11) is -3.45. The Hall–Kier alpha value is -2.18. The van der Waals surface area contributed by atoms with Crippen LogP contribution >= 0.6 is 0 Å². The van der Waals surface area contributed by atoms with Crippen molar-refractivity contribution in [1.82, 2.24) is 10.2 Å². The van der Waals surface area contributed by atoms with Crippen LogP contribution < -0.4 is 5.32 Å². The molecule has 0 radical (unpaired) electrons. The quantitative estimate of drug-likeness (QED) is 0.718. The van der Waals surface area contributed by atoms with E-state index in [2.05, 4.69) is 16.3 Å². The Morgan fingerprint density at radius 2 is 1.62 bits per heavy atom. The first-order valence-electron chi connectivity index (χ1n) is 10.3. The summed E-state index contributed by atoms with van der Waals surface area (Å²) in [5, 5.41) is 2.89. The first-order chi connectivity index (χ1) is 13.9. The van der Waals surface area contributed by atoms with Crippen LogP contribution in [0, 0.1) is 6.92 Å². The molecule has 6 heteroatoms. The third-order valence-electron chi connectivity index (χ3n) is 5.41. The maximum Gasteiger partial charge on any atom is 0.221 e. The van der Waals surface area contributed by atoms with E-state index in [9.17, 15) is 13.2 Å². The number of likely N-dealkylation sites (tertiary alicyclic amines) is 1. The molecule has 0 aromatic heterocycles. The van der Waals surface area contributed by atoms with Crippen LogP contribution in [0.15, 0.2) is 53.4 Å². The van der Waals surface area contributed by atoms with Gasteiger partial charge >= 0.3 is 0 Å². The molecule has 1 amide bonds. The molecule has 0 spiro atoms. The second-order valence-corrected chi connectivity index (χ2v) is 9.87. The maximum absolute atomic E-state index is 12.4. The van der Waals surface area contributed by atoms with Gasteiger partial charge in [0, 0.05) is 19.5 Å². The van der Waals surface area contributed by atoms with Gasteiger partial charge in [-0.25, -0.2) is 8.42 Å². The van der Waals surface area contributed by atoms with Gasteiger partial charge in [-0.15, -0.1) is 0 Å². The number of carbonyl (C=O) groups excluding carboxylic acids is 1. The lowest BCUT2D eigenvalue weighted by Gasteiger charge is -2.27. The number of carbonyl (C=O) groups is 1. The summed E-state index contributed by atoms with van der Waals surface area (Å²) in [6.07, 6.45) is 3.76. The highest BCUT2D eigenvalue weighted by Gasteiger charge is 2.17. The molecule has 1 aliphatic rings. The molecule has 1 fully saturated rings. The van der Waals surface area contributed by atoms with Crippen LogP contribution in [0.1, 0.15) is 42.4 Å². The second kappa shape index (κ2) is 10.0. The van der Waals surface area contributed by atoms with Crippen LogP contribution in [0.3, 0.4) is 0 Å². The zero-order chi connectivity index (χ0) is 20.7. The van der Waals surface area contributed by atoms with Crippen molar-refractivity contribution in [3.8, 4) is 0 Å². The average Bonchev–Trinajstić information content (AvgIpc) is 2.73. The molecular formula is C23H30N2O3S. The lowest BCUT2D eigenvalue weighted by Crippen LogP contribution is -2.30. The van der Waals surface area contributed by atoms with E-state index in [1.165, 1.54) is 24.8 Å². The van der Waals surface area contributed by atoms with Gasteiger partial charge in [-0.3, -0.25) is 9.69 Å². The van der Waals surface area contributed by atoms with Crippen molar-refractivity contribution in [3.63, 3.8) is 0 Å². The van der Waals surface area contributed by atoms with Crippen LogP contribution in [0.25, 0.3) is 0 Å². The minimum Gasteiger partial charge on any atom is -0.352 e. The number of nitrogens with one attached hydrogen (secondary N) is 1. The molecule has 1 N–H and O–H groups in total. The summed E-state index contributed by atoms with van der Waals surface area (Å²) in [6, 6.07) is 14.9. The van der Waals surface area contributed by atoms with Crippen molar-refractivity contribution in [2.75, 3.05) is 18.8 Å². The zero-order valence-corrected chi connectivity index (χ0v) is 17.9. The number of piperidine rings is 1. The molecule has 3 rings (SSSR count). The minimum atomic E-state index is -3.45. The monoisotopic (exact) mass is 414 g/mol. The summed E-state index contributed by atoms with van der Waals surface area (Å²) < 4.78 is 24.8. The molecule has 1 saturated heterocycles. The van der Waals surface area contributed by atoms with Crippen LogP contribution in [0.2, 0.25) is 0 Å². The van der Waals surface area contributed by atoms with Crippen molar-refractivity contribution < 1.29 is 13.2 Å². The fourth-order valence-corrected chi connectivity index (χ4v) is 4.86. The van der Waals surface area contributed by atoms with Crippen molar-refractivity contribution in [2.24, 2.45) is 0 Å². The Balaban J connectivity index is 1.52. The molecule has 2 aromatic rings. The topological polar surface area (TPSA) is 66.5 Å². The van der Waals surface area contributed by atoms with Gasteiger partial charge in [0.1, 0.15) is 0 Å². The van der Waals surface area contributed by atoms with Gasteiger partial charge in [0.15, 0.2) is 9.84 Å². The minimum absolute atomic E-state index is 0.0372. The number of hydrogen-bond acceptors (Lipinski definition) is 4. The van der Waals surface area contributed by atoms with E-state index >= 15 is 0 Å². The molecule has 1 heterocycles. The smallest absolute Gasteiger partial charge is 0.221 e. The van der Waals surface area contributed by atoms with Crippen LogP contribution in [-0.4, -0.2) is 38.1 Å². The summed E-state index contributed by atoms with van der Waals surface area (Å²) >= 11 is 0. The van der Waals surface area contributed by atoms with Crippen molar-refractivity contribution in [2.45, 2.75) is 50.6 Å². The molecular weight excluding hydrogens is 384 g/mol. The van der Waals surface area contributed by atoms with Gasteiger partial charge in [-0.2, -0.15) is 0 Å². The third kappa shape index (κ3) is 6.41. The lowest BCUT2D eigenvalue weighted by molar-refractivity contribution is -0.120. The average molecular weight is 415 g/mol. The lowest BCUT2D eigenvalue weighted by atomic mass is 10.0. The first-order valence-corrected chi connectivity index (χ1v) is 11.9. The van der Waals surface area contributed by atoms with Gasteiger partial charge in [0.25, 0.3) is 0 Å². The number of amides is 1. The predicted octanol–water partition coefficient (Wildman–Crippen LogP) is 3.46. The Morgan fingerprint density at radius 1 is 0.966 bits per heavy atom. The largest absolute Gasteiger partial charge is 0.352 e. The van der Waals surface area contributed by atoms with E-state index in [1.807, 2.05) is 25.1 Å². The summed E-state index contributed by atoms with van der Waals surface area (Å²) in [6.45, 7) is 5.48. The molecule has 5 nitrogen and oxygen atoms in total. The van der Waals surface area contributed by atoms with Crippen LogP contribution in [-0.2, 0) is 27.7 Å². The zero-order valence-electron chi connectivity index (χ0n) is 17.1. The highest BCUT2D eigenvalue weighted by molar-refractivity contribution is 7.91.